The molecule has 0 aliphatic carbocycles. The van der Waals surface area contributed by atoms with Gasteiger partial charge < -0.3 is 4.74 Å². The zero-order chi connectivity index (χ0) is 5.98. The molecule has 1 atom stereocenters. The lowest BCUT2D eigenvalue weighted by molar-refractivity contribution is 0.312. The smallest absolute Gasteiger partial charge is 0.180 e. The lowest BCUT2D eigenvalue weighted by Crippen LogP contribution is -2.02. The molecule has 2 nitrogen and oxygen atoms in total. The number of nitrogens with zero attached hydrogens (tertiary/aromatic N) is 1. The highest BCUT2D eigenvalue weighted by Crippen LogP contribution is 2.06. The van der Waals surface area contributed by atoms with Gasteiger partial charge in [-0.25, -0.2) is 4.99 Å². The summed E-state index contributed by atoms with van der Waals surface area (Å²) in [5.41, 5.74) is 0. The molecule has 9 heavy (non-hydrogen) atoms. The Labute approximate surface area is 61.7 Å². The fourth-order valence-corrected chi connectivity index (χ4v) is 0.758. The zero-order valence-electron chi connectivity index (χ0n) is 5.76. The molecule has 1 rings (SSSR count). The van der Waals surface area contributed by atoms with E-state index in [1.54, 1.807) is 0 Å². The highest BCUT2D eigenvalue weighted by atomic mass is 35.5. The van der Waals surface area contributed by atoms with Crippen molar-refractivity contribution in [2.75, 3.05) is 6.61 Å². The van der Waals surface area contributed by atoms with Gasteiger partial charge in [0.15, 0.2) is 5.90 Å². The van der Waals surface area contributed by atoms with Crippen LogP contribution in [-0.2, 0) is 4.74 Å². The Kier molecular flexibility index (Phi) is 3.62. The molecular formula is C6H12ClNO. The molecule has 1 unspecified atom stereocenters. The van der Waals surface area contributed by atoms with Crippen LogP contribution in [0.5, 0.6) is 0 Å². The van der Waals surface area contributed by atoms with Crippen LogP contribution in [0.2, 0.25) is 0 Å². The molecule has 0 bridgehead atoms. The van der Waals surface area contributed by atoms with E-state index in [1.165, 1.54) is 0 Å². The fourth-order valence-electron chi connectivity index (χ4n) is 0.758. The van der Waals surface area contributed by atoms with E-state index >= 15 is 0 Å². The first-order valence-electron chi connectivity index (χ1n) is 3.00. The largest absolute Gasteiger partial charge is 0.479 e. The van der Waals surface area contributed by atoms with E-state index in [-0.39, 0.29) is 12.4 Å². The summed E-state index contributed by atoms with van der Waals surface area (Å²) in [4.78, 5) is 4.20. The molecule has 1 heterocycles. The Morgan fingerprint density at radius 1 is 1.78 bits per heavy atom. The van der Waals surface area contributed by atoms with E-state index in [0.29, 0.717) is 6.04 Å². The van der Waals surface area contributed by atoms with Crippen LogP contribution in [0, 0.1) is 0 Å². The first kappa shape index (κ1) is 8.76. The topological polar surface area (TPSA) is 21.6 Å². The van der Waals surface area contributed by atoms with Crippen LogP contribution in [0.4, 0.5) is 0 Å². The molecule has 0 radical (unpaired) electrons. The third-order valence-electron chi connectivity index (χ3n) is 1.32. The molecule has 1 aliphatic heterocycles. The summed E-state index contributed by atoms with van der Waals surface area (Å²) in [5.74, 6) is 0.844. The molecule has 3 heteroatoms. The predicted molar refractivity (Wildman–Crippen MR) is 40.4 cm³/mol. The first-order chi connectivity index (χ1) is 3.83. The van der Waals surface area contributed by atoms with Crippen LogP contribution < -0.4 is 0 Å². The van der Waals surface area contributed by atoms with Gasteiger partial charge in [-0.2, -0.15) is 0 Å². The monoisotopic (exact) mass is 149 g/mol. The number of aliphatic imine (C=N–C) groups is 1. The maximum Gasteiger partial charge on any atom is 0.180 e. The van der Waals surface area contributed by atoms with E-state index < -0.39 is 0 Å². The van der Waals surface area contributed by atoms with Crippen molar-refractivity contribution in [1.29, 1.82) is 0 Å². The van der Waals surface area contributed by atoms with Crippen molar-refractivity contribution in [3.05, 3.63) is 0 Å². The van der Waals surface area contributed by atoms with E-state index in [0.717, 1.165) is 18.9 Å². The summed E-state index contributed by atoms with van der Waals surface area (Å²) in [6.45, 7) is 4.81. The Hall–Kier alpha value is -0.240. The van der Waals surface area contributed by atoms with Crippen molar-refractivity contribution >= 4 is 18.3 Å². The second-order valence-corrected chi connectivity index (χ2v) is 2.02. The van der Waals surface area contributed by atoms with Gasteiger partial charge in [0.05, 0.1) is 6.04 Å². The molecular weight excluding hydrogens is 138 g/mol. The molecule has 0 aromatic carbocycles. The number of hydrogen-bond donors (Lipinski definition) is 0. The van der Waals surface area contributed by atoms with Crippen LogP contribution in [-0.4, -0.2) is 18.5 Å². The van der Waals surface area contributed by atoms with Crippen LogP contribution in [0.25, 0.3) is 0 Å². The average Bonchev–Trinajstić information content (AvgIpc) is 2.14. The predicted octanol–water partition coefficient (Wildman–Crippen LogP) is 1.64. The van der Waals surface area contributed by atoms with Crippen molar-refractivity contribution in [1.82, 2.24) is 0 Å². The second-order valence-electron chi connectivity index (χ2n) is 2.02. The SMILES string of the molecule is CCC1COC(C)=N1.Cl. The maximum absolute atomic E-state index is 5.11. The van der Waals surface area contributed by atoms with Crippen molar-refractivity contribution in [2.45, 2.75) is 26.3 Å². The second kappa shape index (κ2) is 3.72. The molecule has 1 aliphatic rings. The third-order valence-corrected chi connectivity index (χ3v) is 1.32. The van der Waals surface area contributed by atoms with E-state index in [1.807, 2.05) is 6.92 Å². The Morgan fingerprint density at radius 3 is 2.67 bits per heavy atom. The zero-order valence-corrected chi connectivity index (χ0v) is 6.57. The normalized spacial score (nSPS) is 24.2. The number of hydrogen-bond acceptors (Lipinski definition) is 2. The van der Waals surface area contributed by atoms with Gasteiger partial charge in [-0.1, -0.05) is 6.92 Å². The molecule has 0 aromatic rings. The first-order valence-corrected chi connectivity index (χ1v) is 3.00. The molecule has 0 saturated carbocycles. The van der Waals surface area contributed by atoms with Gasteiger partial charge in [0.25, 0.3) is 0 Å². The van der Waals surface area contributed by atoms with E-state index in [4.69, 9.17) is 4.74 Å². The lowest BCUT2D eigenvalue weighted by atomic mass is 10.3. The van der Waals surface area contributed by atoms with E-state index in [9.17, 15) is 0 Å². The molecule has 54 valence electrons. The standard InChI is InChI=1S/C6H11NO.ClH/c1-3-6-4-8-5(2)7-6;/h6H,3-4H2,1-2H3;1H. The molecule has 0 spiro atoms. The van der Waals surface area contributed by atoms with Crippen LogP contribution in [0.15, 0.2) is 4.99 Å². The average molecular weight is 150 g/mol. The van der Waals surface area contributed by atoms with Gasteiger partial charge in [0.2, 0.25) is 0 Å². The van der Waals surface area contributed by atoms with Gasteiger partial charge in [-0.05, 0) is 6.42 Å². The van der Waals surface area contributed by atoms with Gasteiger partial charge in [-0.15, -0.1) is 12.4 Å². The van der Waals surface area contributed by atoms with Crippen molar-refractivity contribution in [3.8, 4) is 0 Å². The molecule has 0 fully saturated rings. The number of halogens is 1. The van der Waals surface area contributed by atoms with Gasteiger partial charge >= 0.3 is 0 Å². The number of ether oxygens (including phenoxy) is 1. The van der Waals surface area contributed by atoms with Crippen LogP contribution in [0.3, 0.4) is 0 Å². The minimum atomic E-state index is 0. The minimum Gasteiger partial charge on any atom is -0.479 e. The van der Waals surface area contributed by atoms with Gasteiger partial charge in [-0.3, -0.25) is 0 Å². The van der Waals surface area contributed by atoms with Crippen molar-refractivity contribution < 1.29 is 4.74 Å². The van der Waals surface area contributed by atoms with Crippen molar-refractivity contribution in [2.24, 2.45) is 4.99 Å². The highest BCUT2D eigenvalue weighted by molar-refractivity contribution is 5.85. The Morgan fingerprint density at radius 2 is 2.44 bits per heavy atom. The quantitative estimate of drug-likeness (QED) is 0.556. The fraction of sp³-hybridized carbons (Fsp3) is 0.833. The highest BCUT2D eigenvalue weighted by Gasteiger charge is 2.11. The molecule has 0 saturated heterocycles. The summed E-state index contributed by atoms with van der Waals surface area (Å²) in [6, 6.07) is 0.440. The van der Waals surface area contributed by atoms with Gasteiger partial charge in [0.1, 0.15) is 6.61 Å². The minimum absolute atomic E-state index is 0. The van der Waals surface area contributed by atoms with Crippen molar-refractivity contribution in [3.63, 3.8) is 0 Å². The van der Waals surface area contributed by atoms with Crippen LogP contribution in [0.1, 0.15) is 20.3 Å². The number of rotatable bonds is 1. The van der Waals surface area contributed by atoms with Gasteiger partial charge in [0, 0.05) is 6.92 Å². The Balaban J connectivity index is 0.000000640. The summed E-state index contributed by atoms with van der Waals surface area (Å²) in [6.07, 6.45) is 1.09. The maximum atomic E-state index is 5.11. The molecule has 0 N–H and O–H groups in total. The Bertz CT molecular complexity index is 114. The lowest BCUT2D eigenvalue weighted by Gasteiger charge is -1.95. The third kappa shape index (κ3) is 2.22. The molecule has 0 aromatic heterocycles. The summed E-state index contributed by atoms with van der Waals surface area (Å²) in [7, 11) is 0. The molecule has 0 amide bonds. The summed E-state index contributed by atoms with van der Waals surface area (Å²) < 4.78 is 5.11. The van der Waals surface area contributed by atoms with E-state index in [2.05, 4.69) is 11.9 Å². The summed E-state index contributed by atoms with van der Waals surface area (Å²) in [5, 5.41) is 0. The van der Waals surface area contributed by atoms with Crippen LogP contribution >= 0.6 is 12.4 Å². The summed E-state index contributed by atoms with van der Waals surface area (Å²) >= 11 is 0.